The predicted molar refractivity (Wildman–Crippen MR) is 51.2 cm³/mol. The summed E-state index contributed by atoms with van der Waals surface area (Å²) in [6.07, 6.45) is -0.310. The summed E-state index contributed by atoms with van der Waals surface area (Å²) in [5, 5.41) is 8.10. The van der Waals surface area contributed by atoms with Crippen LogP contribution < -0.4 is 11.5 Å². The lowest BCUT2D eigenvalue weighted by Gasteiger charge is -1.99. The van der Waals surface area contributed by atoms with Gasteiger partial charge in [0.25, 0.3) is 0 Å². The molecule has 0 radical (unpaired) electrons. The summed E-state index contributed by atoms with van der Waals surface area (Å²) in [4.78, 5) is 19.9. The SMILES string of the molecule is Cl.Cl.Cl.NC(=O)CC(N)C(=O)O. The third-order valence-electron chi connectivity index (χ3n) is 0.738. The van der Waals surface area contributed by atoms with Gasteiger partial charge in [0, 0.05) is 0 Å². The monoisotopic (exact) mass is 240 g/mol. The first kappa shape index (κ1) is 22.6. The van der Waals surface area contributed by atoms with Gasteiger partial charge in [-0.25, -0.2) is 0 Å². The van der Waals surface area contributed by atoms with E-state index in [0.29, 0.717) is 0 Å². The molecule has 0 heterocycles. The fraction of sp³-hybridized carbons (Fsp3) is 0.500. The second kappa shape index (κ2) is 10.8. The predicted octanol–water partition coefficient (Wildman–Crippen LogP) is -0.461. The van der Waals surface area contributed by atoms with Crippen LogP contribution in [0.15, 0.2) is 0 Å². The molecule has 0 rings (SSSR count). The second-order valence-electron chi connectivity index (χ2n) is 1.62. The smallest absolute Gasteiger partial charge is 0.321 e. The third-order valence-corrected chi connectivity index (χ3v) is 0.738. The summed E-state index contributed by atoms with van der Waals surface area (Å²) >= 11 is 0. The third kappa shape index (κ3) is 12.4. The summed E-state index contributed by atoms with van der Waals surface area (Å²) in [7, 11) is 0. The van der Waals surface area contributed by atoms with Crippen molar-refractivity contribution in [3.8, 4) is 0 Å². The number of rotatable bonds is 3. The number of carboxylic acid groups (broad SMARTS) is 1. The van der Waals surface area contributed by atoms with Gasteiger partial charge in [0.1, 0.15) is 6.04 Å². The van der Waals surface area contributed by atoms with Crippen LogP contribution in [0.3, 0.4) is 0 Å². The van der Waals surface area contributed by atoms with E-state index in [1.54, 1.807) is 0 Å². The van der Waals surface area contributed by atoms with Crippen molar-refractivity contribution in [2.75, 3.05) is 0 Å². The highest BCUT2D eigenvalue weighted by Gasteiger charge is 2.13. The zero-order valence-electron chi connectivity index (χ0n) is 5.93. The van der Waals surface area contributed by atoms with Gasteiger partial charge in [0.05, 0.1) is 6.42 Å². The Balaban J connectivity index is -0.000000107. The summed E-state index contributed by atoms with van der Waals surface area (Å²) in [5.74, 6) is -1.92. The van der Waals surface area contributed by atoms with Crippen LogP contribution in [-0.2, 0) is 9.59 Å². The molecule has 1 amide bonds. The van der Waals surface area contributed by atoms with E-state index < -0.39 is 17.9 Å². The quantitative estimate of drug-likeness (QED) is 0.621. The molecule has 5 N–H and O–H groups in total. The number of carbonyl (C=O) groups excluding carboxylic acids is 1. The first-order chi connectivity index (χ1) is 4.04. The molecule has 0 spiro atoms. The Morgan fingerprint density at radius 3 is 1.67 bits per heavy atom. The second-order valence-corrected chi connectivity index (χ2v) is 1.62. The molecule has 0 aromatic rings. The van der Waals surface area contributed by atoms with Crippen molar-refractivity contribution in [2.24, 2.45) is 11.5 Å². The maximum Gasteiger partial charge on any atom is 0.321 e. The fourth-order valence-corrected chi connectivity index (χ4v) is 0.304. The Kier molecular flexibility index (Phi) is 20.3. The largest absolute Gasteiger partial charge is 0.480 e. The van der Waals surface area contributed by atoms with E-state index in [2.05, 4.69) is 5.73 Å². The number of hydrogen-bond donors (Lipinski definition) is 3. The van der Waals surface area contributed by atoms with Crippen LogP contribution >= 0.6 is 37.2 Å². The highest BCUT2D eigenvalue weighted by molar-refractivity contribution is 5.86. The highest BCUT2D eigenvalue weighted by Crippen LogP contribution is 1.84. The molecule has 0 saturated carbocycles. The number of amides is 1. The van der Waals surface area contributed by atoms with Crippen molar-refractivity contribution in [1.29, 1.82) is 0 Å². The van der Waals surface area contributed by atoms with Gasteiger partial charge < -0.3 is 16.6 Å². The summed E-state index contributed by atoms with van der Waals surface area (Å²) in [6.45, 7) is 0. The van der Waals surface area contributed by atoms with Crippen LogP contribution in [0, 0.1) is 0 Å². The van der Waals surface area contributed by atoms with E-state index in [9.17, 15) is 9.59 Å². The molecule has 76 valence electrons. The maximum absolute atomic E-state index is 9.99. The Bertz CT molecular complexity index is 144. The van der Waals surface area contributed by atoms with Crippen molar-refractivity contribution < 1.29 is 14.7 Å². The standard InChI is InChI=1S/C4H8N2O3.3ClH/c5-2(4(8)9)1-3(6)7;;;/h2H,1,5H2,(H2,6,7)(H,8,9);3*1H. The van der Waals surface area contributed by atoms with Crippen molar-refractivity contribution in [3.63, 3.8) is 0 Å². The van der Waals surface area contributed by atoms with E-state index in [4.69, 9.17) is 10.8 Å². The lowest BCUT2D eigenvalue weighted by atomic mass is 10.2. The molecule has 0 aliphatic carbocycles. The Morgan fingerprint density at radius 1 is 1.25 bits per heavy atom. The minimum atomic E-state index is -1.21. The van der Waals surface area contributed by atoms with Crippen LogP contribution in [0.5, 0.6) is 0 Å². The molecule has 5 nitrogen and oxygen atoms in total. The molecule has 0 aliphatic heterocycles. The van der Waals surface area contributed by atoms with Crippen molar-refractivity contribution in [3.05, 3.63) is 0 Å². The number of carboxylic acids is 1. The molecule has 0 fully saturated rings. The molecule has 0 aliphatic rings. The number of primary amides is 1. The van der Waals surface area contributed by atoms with Crippen LogP contribution in [0.2, 0.25) is 0 Å². The number of halogens is 3. The van der Waals surface area contributed by atoms with Crippen molar-refractivity contribution in [2.45, 2.75) is 12.5 Å². The Morgan fingerprint density at radius 2 is 1.58 bits per heavy atom. The molecule has 0 saturated heterocycles. The zero-order valence-corrected chi connectivity index (χ0v) is 8.38. The van der Waals surface area contributed by atoms with E-state index in [1.807, 2.05) is 0 Å². The molecule has 1 atom stereocenters. The van der Waals surface area contributed by atoms with Gasteiger partial charge in [-0.2, -0.15) is 0 Å². The zero-order chi connectivity index (χ0) is 7.44. The Labute approximate surface area is 88.1 Å². The maximum atomic E-state index is 9.99. The summed E-state index contributed by atoms with van der Waals surface area (Å²) in [5.41, 5.74) is 9.57. The average Bonchev–Trinajstić information content (AvgIpc) is 1.63. The average molecular weight is 242 g/mol. The first-order valence-electron chi connectivity index (χ1n) is 2.30. The van der Waals surface area contributed by atoms with Crippen LogP contribution in [0.25, 0.3) is 0 Å². The van der Waals surface area contributed by atoms with Gasteiger partial charge in [-0.1, -0.05) is 0 Å². The molecule has 0 bridgehead atoms. The topological polar surface area (TPSA) is 106 Å². The van der Waals surface area contributed by atoms with Gasteiger partial charge in [-0.05, 0) is 0 Å². The molecule has 12 heavy (non-hydrogen) atoms. The molecule has 0 aromatic heterocycles. The van der Waals surface area contributed by atoms with Crippen LogP contribution in [0.4, 0.5) is 0 Å². The van der Waals surface area contributed by atoms with Crippen molar-refractivity contribution >= 4 is 49.1 Å². The van der Waals surface area contributed by atoms with Crippen LogP contribution in [-0.4, -0.2) is 23.0 Å². The summed E-state index contributed by atoms with van der Waals surface area (Å²) in [6, 6.07) is -1.16. The minimum Gasteiger partial charge on any atom is -0.480 e. The molecule has 0 aromatic carbocycles. The van der Waals surface area contributed by atoms with E-state index >= 15 is 0 Å². The number of carbonyl (C=O) groups is 2. The van der Waals surface area contributed by atoms with E-state index in [0.717, 1.165) is 0 Å². The van der Waals surface area contributed by atoms with Gasteiger partial charge in [0.2, 0.25) is 5.91 Å². The van der Waals surface area contributed by atoms with Crippen molar-refractivity contribution in [1.82, 2.24) is 0 Å². The van der Waals surface area contributed by atoms with E-state index in [-0.39, 0.29) is 43.6 Å². The first-order valence-corrected chi connectivity index (χ1v) is 2.30. The Hall–Kier alpha value is -0.230. The molecule has 1 unspecified atom stereocenters. The highest BCUT2D eigenvalue weighted by atomic mass is 35.5. The van der Waals surface area contributed by atoms with Gasteiger partial charge in [-0.3, -0.25) is 9.59 Å². The number of hydrogen-bond acceptors (Lipinski definition) is 3. The van der Waals surface area contributed by atoms with Gasteiger partial charge in [0.15, 0.2) is 0 Å². The minimum absolute atomic E-state index is 0. The normalized spacial score (nSPS) is 9.42. The molecule has 8 heteroatoms. The number of nitrogens with two attached hydrogens (primary N) is 2. The lowest BCUT2D eigenvalue weighted by molar-refractivity contribution is -0.140. The molecular formula is C4H11Cl3N2O3. The number of aliphatic carboxylic acids is 1. The fourth-order valence-electron chi connectivity index (χ4n) is 0.304. The van der Waals surface area contributed by atoms with Gasteiger partial charge in [-0.15, -0.1) is 37.2 Å². The van der Waals surface area contributed by atoms with E-state index in [1.165, 1.54) is 0 Å². The van der Waals surface area contributed by atoms with Gasteiger partial charge >= 0.3 is 5.97 Å². The molecular weight excluding hydrogens is 230 g/mol. The summed E-state index contributed by atoms with van der Waals surface area (Å²) < 4.78 is 0. The van der Waals surface area contributed by atoms with Crippen LogP contribution in [0.1, 0.15) is 6.42 Å². The lowest BCUT2D eigenvalue weighted by Crippen LogP contribution is -2.34.